The van der Waals surface area contributed by atoms with E-state index >= 15 is 0 Å². The molecule has 0 amide bonds. The molecule has 0 fully saturated rings. The fourth-order valence-corrected chi connectivity index (χ4v) is 2.07. The molecule has 0 atom stereocenters. The molecule has 9 heteroatoms. The molecule has 0 radical (unpaired) electrons. The summed E-state index contributed by atoms with van der Waals surface area (Å²) in [6.45, 7) is 0. The van der Waals surface area contributed by atoms with Crippen molar-refractivity contribution >= 4 is 34.9 Å². The van der Waals surface area contributed by atoms with Crippen molar-refractivity contribution in [2.24, 2.45) is 0 Å². The molecule has 1 aromatic carbocycles. The van der Waals surface area contributed by atoms with Gasteiger partial charge in [-0.15, -0.1) is 0 Å². The van der Waals surface area contributed by atoms with Crippen molar-refractivity contribution in [1.82, 2.24) is 9.97 Å². The molecule has 20 heavy (non-hydrogen) atoms. The van der Waals surface area contributed by atoms with Crippen LogP contribution in [0.25, 0.3) is 0 Å². The second kappa shape index (κ2) is 5.84. The summed E-state index contributed by atoms with van der Waals surface area (Å²) < 4.78 is 50.2. The predicted molar refractivity (Wildman–Crippen MR) is 68.6 cm³/mol. The van der Waals surface area contributed by atoms with Crippen LogP contribution in [0.3, 0.4) is 0 Å². The van der Waals surface area contributed by atoms with Crippen molar-refractivity contribution in [3.63, 3.8) is 0 Å². The summed E-state index contributed by atoms with van der Waals surface area (Å²) in [4.78, 5) is 7.02. The molecule has 0 spiro atoms. The van der Waals surface area contributed by atoms with Gasteiger partial charge in [-0.3, -0.25) is 0 Å². The number of halogens is 5. The normalized spacial score (nSPS) is 11.4. The van der Waals surface area contributed by atoms with Crippen LogP contribution in [0.4, 0.5) is 29.1 Å². The molecule has 106 valence electrons. The van der Waals surface area contributed by atoms with Crippen LogP contribution in [-0.2, 0) is 0 Å². The molecule has 1 heterocycles. The fraction of sp³-hybridized carbons (Fsp3) is 0.0909. The first kappa shape index (κ1) is 14.9. The van der Waals surface area contributed by atoms with Gasteiger partial charge in [0.05, 0.1) is 6.20 Å². The Morgan fingerprint density at radius 2 is 2.00 bits per heavy atom. The molecule has 0 bridgehead atoms. The number of aromatic nitrogens is 2. The Labute approximate surface area is 120 Å². The molecular weight excluding hydrogens is 318 g/mol. The van der Waals surface area contributed by atoms with Crippen molar-refractivity contribution in [2.45, 2.75) is 10.4 Å². The van der Waals surface area contributed by atoms with E-state index in [0.717, 1.165) is 6.20 Å². The minimum absolute atomic E-state index is 0.0249. The van der Waals surface area contributed by atoms with Gasteiger partial charge in [0.1, 0.15) is 0 Å². The van der Waals surface area contributed by atoms with Crippen molar-refractivity contribution in [3.8, 4) is 0 Å². The van der Waals surface area contributed by atoms with Crippen LogP contribution >= 0.6 is 23.4 Å². The van der Waals surface area contributed by atoms with Gasteiger partial charge in [0.2, 0.25) is 5.28 Å². The molecule has 2 aromatic rings. The van der Waals surface area contributed by atoms with Crippen LogP contribution in [0.5, 0.6) is 0 Å². The zero-order valence-electron chi connectivity index (χ0n) is 9.58. The zero-order chi connectivity index (χ0) is 14.8. The maximum Gasteiger partial charge on any atom is 0.446 e. The smallest absolute Gasteiger partial charge is 0.338 e. The molecule has 0 aliphatic carbocycles. The van der Waals surface area contributed by atoms with Crippen LogP contribution in [0.2, 0.25) is 5.28 Å². The highest BCUT2D eigenvalue weighted by atomic mass is 35.5. The second-order valence-corrected chi connectivity index (χ2v) is 5.01. The minimum atomic E-state index is -4.39. The van der Waals surface area contributed by atoms with Gasteiger partial charge in [-0.05, 0) is 41.6 Å². The Bertz CT molecular complexity index is 621. The van der Waals surface area contributed by atoms with E-state index in [1.165, 1.54) is 24.3 Å². The number of anilines is 2. The number of hydrogen-bond acceptors (Lipinski definition) is 4. The fourth-order valence-electron chi connectivity index (χ4n) is 1.34. The lowest BCUT2D eigenvalue weighted by Gasteiger charge is -2.09. The molecule has 0 aliphatic heterocycles. The average molecular weight is 324 g/mol. The summed E-state index contributed by atoms with van der Waals surface area (Å²) in [5.41, 5.74) is -4.13. The average Bonchev–Trinajstić information content (AvgIpc) is 2.32. The minimum Gasteiger partial charge on any atom is -0.338 e. The van der Waals surface area contributed by atoms with E-state index in [-0.39, 0.29) is 33.4 Å². The van der Waals surface area contributed by atoms with Crippen LogP contribution in [0, 0.1) is 5.82 Å². The molecule has 1 aromatic heterocycles. The van der Waals surface area contributed by atoms with Crippen molar-refractivity contribution < 1.29 is 17.6 Å². The number of benzene rings is 1. The molecular formula is C11H6ClF4N3S. The molecule has 0 unspecified atom stereocenters. The topological polar surface area (TPSA) is 37.8 Å². The summed E-state index contributed by atoms with van der Waals surface area (Å²) in [7, 11) is 0. The Hall–Kier alpha value is -1.54. The van der Waals surface area contributed by atoms with Crippen LogP contribution in [-0.4, -0.2) is 15.5 Å². The number of nitrogens with zero attached hydrogens (tertiary/aromatic N) is 2. The summed E-state index contributed by atoms with van der Waals surface area (Å²) in [6, 6.07) is 5.42. The monoisotopic (exact) mass is 323 g/mol. The van der Waals surface area contributed by atoms with Crippen LogP contribution < -0.4 is 5.32 Å². The Morgan fingerprint density at radius 1 is 1.25 bits per heavy atom. The highest BCUT2D eigenvalue weighted by molar-refractivity contribution is 8.00. The molecule has 1 N–H and O–H groups in total. The van der Waals surface area contributed by atoms with Gasteiger partial charge in [-0.1, -0.05) is 6.07 Å². The van der Waals surface area contributed by atoms with E-state index in [2.05, 4.69) is 15.3 Å². The van der Waals surface area contributed by atoms with Gasteiger partial charge < -0.3 is 5.32 Å². The summed E-state index contributed by atoms with van der Waals surface area (Å²) >= 11 is 5.26. The summed E-state index contributed by atoms with van der Waals surface area (Å²) in [5, 5.41) is 2.38. The second-order valence-electron chi connectivity index (χ2n) is 3.54. The van der Waals surface area contributed by atoms with Gasteiger partial charge in [-0.2, -0.15) is 18.2 Å². The number of hydrogen-bond donors (Lipinski definition) is 1. The predicted octanol–water partition coefficient (Wildman–Crippen LogP) is 4.62. The molecule has 0 aliphatic rings. The van der Waals surface area contributed by atoms with E-state index in [0.29, 0.717) is 0 Å². The van der Waals surface area contributed by atoms with Crippen molar-refractivity contribution in [3.05, 3.63) is 41.6 Å². The lowest BCUT2D eigenvalue weighted by molar-refractivity contribution is -0.0328. The maximum absolute atomic E-state index is 13.4. The highest BCUT2D eigenvalue weighted by Gasteiger charge is 2.29. The third kappa shape index (κ3) is 4.24. The van der Waals surface area contributed by atoms with Gasteiger partial charge >= 0.3 is 5.51 Å². The van der Waals surface area contributed by atoms with E-state index in [9.17, 15) is 17.6 Å². The third-order valence-electron chi connectivity index (χ3n) is 2.05. The highest BCUT2D eigenvalue weighted by Crippen LogP contribution is 2.37. The van der Waals surface area contributed by atoms with Gasteiger partial charge in [0, 0.05) is 10.6 Å². The first-order valence-electron chi connectivity index (χ1n) is 5.14. The third-order valence-corrected chi connectivity index (χ3v) is 2.95. The standard InChI is InChI=1S/C11H6ClF4N3S/c12-10-17-5-8(13)9(19-10)18-6-2-1-3-7(4-6)20-11(14,15)16/h1-5H,(H,17,18,19). The first-order chi connectivity index (χ1) is 9.33. The van der Waals surface area contributed by atoms with Crippen molar-refractivity contribution in [2.75, 3.05) is 5.32 Å². The first-order valence-corrected chi connectivity index (χ1v) is 6.34. The van der Waals surface area contributed by atoms with E-state index < -0.39 is 11.3 Å². The van der Waals surface area contributed by atoms with E-state index in [4.69, 9.17) is 11.6 Å². The Balaban J connectivity index is 2.21. The quantitative estimate of drug-likeness (QED) is 0.508. The molecule has 0 saturated heterocycles. The lowest BCUT2D eigenvalue weighted by atomic mass is 10.3. The Kier molecular flexibility index (Phi) is 4.34. The van der Waals surface area contributed by atoms with E-state index in [1.807, 2.05) is 0 Å². The number of nitrogens with one attached hydrogen (secondary N) is 1. The Morgan fingerprint density at radius 3 is 2.70 bits per heavy atom. The zero-order valence-corrected chi connectivity index (χ0v) is 11.2. The van der Waals surface area contributed by atoms with Gasteiger partial charge in [-0.25, -0.2) is 9.37 Å². The van der Waals surface area contributed by atoms with E-state index in [1.54, 1.807) is 0 Å². The van der Waals surface area contributed by atoms with Crippen molar-refractivity contribution in [1.29, 1.82) is 0 Å². The molecule has 2 rings (SSSR count). The summed E-state index contributed by atoms with van der Waals surface area (Å²) in [6.07, 6.45) is 0.867. The maximum atomic E-state index is 13.4. The van der Waals surface area contributed by atoms with Crippen LogP contribution in [0.15, 0.2) is 35.4 Å². The summed E-state index contributed by atoms with van der Waals surface area (Å²) in [5.74, 6) is -0.970. The molecule has 3 nitrogen and oxygen atoms in total. The van der Waals surface area contributed by atoms with Gasteiger partial charge in [0.25, 0.3) is 0 Å². The lowest BCUT2D eigenvalue weighted by Crippen LogP contribution is -2.01. The SMILES string of the molecule is Fc1cnc(Cl)nc1Nc1cccc(SC(F)(F)F)c1. The van der Waals surface area contributed by atoms with Crippen LogP contribution in [0.1, 0.15) is 0 Å². The number of rotatable bonds is 3. The number of thioether (sulfide) groups is 1. The van der Waals surface area contributed by atoms with Gasteiger partial charge in [0.15, 0.2) is 11.6 Å². The number of alkyl halides is 3. The molecule has 0 saturated carbocycles. The largest absolute Gasteiger partial charge is 0.446 e.